The average Bonchev–Trinajstić information content (AvgIpc) is 2.74. The fourth-order valence-corrected chi connectivity index (χ4v) is 3.36. The summed E-state index contributed by atoms with van der Waals surface area (Å²) in [7, 11) is 2.06. The van der Waals surface area contributed by atoms with E-state index in [1.807, 2.05) is 35.2 Å². The van der Waals surface area contributed by atoms with Crippen molar-refractivity contribution in [3.8, 4) is 0 Å². The summed E-state index contributed by atoms with van der Waals surface area (Å²) in [5, 5.41) is 3.88. The van der Waals surface area contributed by atoms with E-state index in [1.54, 1.807) is 30.5 Å². The number of pyridine rings is 1. The van der Waals surface area contributed by atoms with Gasteiger partial charge in [-0.25, -0.2) is 0 Å². The van der Waals surface area contributed by atoms with Crippen LogP contribution in [0.1, 0.15) is 20.7 Å². The van der Waals surface area contributed by atoms with Crippen molar-refractivity contribution in [3.63, 3.8) is 0 Å². The van der Waals surface area contributed by atoms with Crippen LogP contribution in [-0.2, 0) is 0 Å². The first kappa shape index (κ1) is 18.1. The second kappa shape index (κ2) is 7.78. The van der Waals surface area contributed by atoms with Crippen molar-refractivity contribution in [2.45, 2.75) is 0 Å². The van der Waals surface area contributed by atoms with Crippen LogP contribution in [0.15, 0.2) is 60.8 Å². The maximum atomic E-state index is 12.6. The van der Waals surface area contributed by atoms with Gasteiger partial charge in [0.05, 0.1) is 11.2 Å². The fraction of sp³-hybridized carbons (Fsp3) is 0.227. The Morgan fingerprint density at radius 3 is 2.32 bits per heavy atom. The van der Waals surface area contributed by atoms with Gasteiger partial charge in [-0.05, 0) is 43.4 Å². The van der Waals surface area contributed by atoms with Crippen LogP contribution in [0.4, 0.5) is 5.69 Å². The second-order valence-corrected chi connectivity index (χ2v) is 7.01. The summed E-state index contributed by atoms with van der Waals surface area (Å²) in [4.78, 5) is 33.7. The molecule has 2 heterocycles. The molecule has 142 valence electrons. The van der Waals surface area contributed by atoms with Gasteiger partial charge >= 0.3 is 0 Å². The summed E-state index contributed by atoms with van der Waals surface area (Å²) in [6.45, 7) is 3.22. The van der Waals surface area contributed by atoms with Gasteiger partial charge in [-0.15, -0.1) is 0 Å². The number of para-hydroxylation sites is 1. The average molecular weight is 374 g/mol. The maximum absolute atomic E-state index is 12.6. The van der Waals surface area contributed by atoms with Crippen LogP contribution in [0, 0.1) is 0 Å². The van der Waals surface area contributed by atoms with Gasteiger partial charge in [0.25, 0.3) is 11.8 Å². The number of nitrogens with one attached hydrogen (secondary N) is 1. The number of carbonyl (C=O) groups excluding carboxylic acids is 2. The lowest BCUT2D eigenvalue weighted by molar-refractivity contribution is 0.0664. The number of rotatable bonds is 3. The van der Waals surface area contributed by atoms with Crippen LogP contribution in [-0.4, -0.2) is 59.8 Å². The molecule has 0 atom stereocenters. The Balaban J connectivity index is 1.47. The molecule has 1 fully saturated rings. The summed E-state index contributed by atoms with van der Waals surface area (Å²) >= 11 is 0. The molecular formula is C22H22N4O2. The van der Waals surface area contributed by atoms with Gasteiger partial charge in [0.1, 0.15) is 0 Å². The first-order valence-electron chi connectivity index (χ1n) is 9.35. The smallest absolute Gasteiger partial charge is 0.255 e. The topological polar surface area (TPSA) is 65.5 Å². The van der Waals surface area contributed by atoms with Crippen molar-refractivity contribution < 1.29 is 9.59 Å². The summed E-state index contributed by atoms with van der Waals surface area (Å²) in [5.41, 5.74) is 2.52. The summed E-state index contributed by atoms with van der Waals surface area (Å²) in [6.07, 6.45) is 1.71. The molecule has 4 rings (SSSR count). The molecule has 1 saturated heterocycles. The minimum Gasteiger partial charge on any atom is -0.336 e. The number of likely N-dealkylation sites (N-methyl/N-ethyl adjacent to an activating group) is 1. The van der Waals surface area contributed by atoms with Gasteiger partial charge in [0.2, 0.25) is 0 Å². The Morgan fingerprint density at radius 2 is 1.57 bits per heavy atom. The highest BCUT2D eigenvalue weighted by atomic mass is 16.2. The SMILES string of the molecule is CN1CCN(C(=O)c2ccc(C(=O)Nc3cccc4cccnc34)cc2)CC1. The Bertz CT molecular complexity index is 1000. The minimum atomic E-state index is -0.225. The normalized spacial score (nSPS) is 14.8. The van der Waals surface area contributed by atoms with E-state index in [4.69, 9.17) is 0 Å². The minimum absolute atomic E-state index is 0.0123. The molecule has 3 aromatic rings. The van der Waals surface area contributed by atoms with Gasteiger partial charge in [0.15, 0.2) is 0 Å². The van der Waals surface area contributed by atoms with Crippen molar-refractivity contribution in [2.24, 2.45) is 0 Å². The van der Waals surface area contributed by atoms with E-state index in [1.165, 1.54) is 0 Å². The third-order valence-electron chi connectivity index (χ3n) is 5.07. The predicted molar refractivity (Wildman–Crippen MR) is 110 cm³/mol. The molecule has 1 N–H and O–H groups in total. The molecule has 1 aromatic heterocycles. The van der Waals surface area contributed by atoms with E-state index < -0.39 is 0 Å². The van der Waals surface area contributed by atoms with Crippen LogP contribution in [0.3, 0.4) is 0 Å². The van der Waals surface area contributed by atoms with Crippen LogP contribution in [0.25, 0.3) is 10.9 Å². The molecular weight excluding hydrogens is 352 g/mol. The molecule has 6 heteroatoms. The van der Waals surface area contributed by atoms with Crippen LogP contribution >= 0.6 is 0 Å². The lowest BCUT2D eigenvalue weighted by Crippen LogP contribution is -2.47. The third kappa shape index (κ3) is 3.73. The standard InChI is InChI=1S/C22H22N4O2/c1-25-12-14-26(15-13-25)22(28)18-9-7-17(8-10-18)21(27)24-19-6-2-4-16-5-3-11-23-20(16)19/h2-11H,12-15H2,1H3,(H,24,27). The highest BCUT2D eigenvalue weighted by molar-refractivity contribution is 6.08. The van der Waals surface area contributed by atoms with E-state index in [9.17, 15) is 9.59 Å². The Hall–Kier alpha value is -3.25. The monoisotopic (exact) mass is 374 g/mol. The molecule has 1 aliphatic rings. The molecule has 6 nitrogen and oxygen atoms in total. The number of aromatic nitrogens is 1. The molecule has 0 radical (unpaired) electrons. The number of benzene rings is 2. The zero-order valence-electron chi connectivity index (χ0n) is 15.8. The molecule has 0 saturated carbocycles. The molecule has 0 bridgehead atoms. The largest absolute Gasteiger partial charge is 0.336 e. The van der Waals surface area contributed by atoms with E-state index in [0.29, 0.717) is 16.8 Å². The number of anilines is 1. The number of amides is 2. The fourth-order valence-electron chi connectivity index (χ4n) is 3.36. The molecule has 1 aliphatic heterocycles. The molecule has 0 spiro atoms. The molecule has 0 aliphatic carbocycles. The summed E-state index contributed by atoms with van der Waals surface area (Å²) in [5.74, 6) is -0.213. The van der Waals surface area contributed by atoms with E-state index in [2.05, 4.69) is 22.2 Å². The number of fused-ring (bicyclic) bond motifs is 1. The summed E-state index contributed by atoms with van der Waals surface area (Å²) < 4.78 is 0. The summed E-state index contributed by atoms with van der Waals surface area (Å²) in [6, 6.07) is 16.3. The number of carbonyl (C=O) groups is 2. The number of piperazine rings is 1. The molecule has 2 aromatic carbocycles. The number of hydrogen-bond donors (Lipinski definition) is 1. The van der Waals surface area contributed by atoms with Crippen molar-refractivity contribution in [1.82, 2.24) is 14.8 Å². The number of nitrogens with zero attached hydrogens (tertiary/aromatic N) is 3. The second-order valence-electron chi connectivity index (χ2n) is 7.01. The predicted octanol–water partition coefficient (Wildman–Crippen LogP) is 2.87. The molecule has 28 heavy (non-hydrogen) atoms. The Kier molecular flexibility index (Phi) is 5.04. The van der Waals surface area contributed by atoms with Crippen molar-refractivity contribution >= 4 is 28.4 Å². The Morgan fingerprint density at radius 1 is 0.893 bits per heavy atom. The molecule has 2 amide bonds. The number of hydrogen-bond acceptors (Lipinski definition) is 4. The van der Waals surface area contributed by atoms with Gasteiger partial charge in [-0.3, -0.25) is 14.6 Å². The van der Waals surface area contributed by atoms with Crippen LogP contribution in [0.5, 0.6) is 0 Å². The Labute approximate surface area is 163 Å². The van der Waals surface area contributed by atoms with Gasteiger partial charge in [0, 0.05) is 48.9 Å². The van der Waals surface area contributed by atoms with E-state index >= 15 is 0 Å². The quantitative estimate of drug-likeness (QED) is 0.766. The first-order valence-corrected chi connectivity index (χ1v) is 9.35. The van der Waals surface area contributed by atoms with E-state index in [0.717, 1.165) is 37.1 Å². The molecule has 0 unspecified atom stereocenters. The first-order chi connectivity index (χ1) is 13.6. The van der Waals surface area contributed by atoms with E-state index in [-0.39, 0.29) is 11.8 Å². The van der Waals surface area contributed by atoms with Gasteiger partial charge in [-0.1, -0.05) is 18.2 Å². The van der Waals surface area contributed by atoms with Crippen molar-refractivity contribution in [1.29, 1.82) is 0 Å². The van der Waals surface area contributed by atoms with Gasteiger partial charge in [-0.2, -0.15) is 0 Å². The van der Waals surface area contributed by atoms with Gasteiger partial charge < -0.3 is 15.1 Å². The maximum Gasteiger partial charge on any atom is 0.255 e. The van der Waals surface area contributed by atoms with Crippen LogP contribution < -0.4 is 5.32 Å². The van der Waals surface area contributed by atoms with Crippen molar-refractivity contribution in [3.05, 3.63) is 71.9 Å². The zero-order chi connectivity index (χ0) is 19.5. The third-order valence-corrected chi connectivity index (χ3v) is 5.07. The highest BCUT2D eigenvalue weighted by Gasteiger charge is 2.20. The lowest BCUT2D eigenvalue weighted by atomic mass is 10.1. The van der Waals surface area contributed by atoms with Crippen molar-refractivity contribution in [2.75, 3.05) is 38.5 Å². The van der Waals surface area contributed by atoms with Crippen LogP contribution in [0.2, 0.25) is 0 Å². The highest BCUT2D eigenvalue weighted by Crippen LogP contribution is 2.21. The zero-order valence-corrected chi connectivity index (χ0v) is 15.8. The lowest BCUT2D eigenvalue weighted by Gasteiger charge is -2.32.